The largest absolute Gasteiger partial charge is 0.467 e. The van der Waals surface area contributed by atoms with E-state index in [1.807, 2.05) is 58.0 Å². The number of nitrogens with zero attached hydrogens (tertiary/aromatic N) is 2. The summed E-state index contributed by atoms with van der Waals surface area (Å²) in [4.78, 5) is 71.6. The van der Waals surface area contributed by atoms with Crippen LogP contribution < -0.4 is 16.0 Å². The van der Waals surface area contributed by atoms with Crippen molar-refractivity contribution < 1.29 is 38.2 Å². The van der Waals surface area contributed by atoms with Gasteiger partial charge in [0.1, 0.15) is 12.1 Å². The van der Waals surface area contributed by atoms with Gasteiger partial charge in [0.15, 0.2) is 0 Å². The normalized spacial score (nSPS) is 24.6. The molecule has 0 unspecified atom stereocenters. The second-order valence-corrected chi connectivity index (χ2v) is 16.0. The molecule has 13 nitrogen and oxygen atoms in total. The number of piperidine rings is 1. The van der Waals surface area contributed by atoms with Gasteiger partial charge in [-0.3, -0.25) is 19.2 Å². The van der Waals surface area contributed by atoms with Crippen LogP contribution in [0.5, 0.6) is 0 Å². The van der Waals surface area contributed by atoms with Crippen LogP contribution in [0.1, 0.15) is 85.1 Å². The van der Waals surface area contributed by atoms with Crippen molar-refractivity contribution in [1.82, 2.24) is 25.8 Å². The highest BCUT2D eigenvalue weighted by atomic mass is 16.5. The van der Waals surface area contributed by atoms with Gasteiger partial charge in [-0.15, -0.1) is 0 Å². The van der Waals surface area contributed by atoms with Gasteiger partial charge in [0, 0.05) is 40.3 Å². The van der Waals surface area contributed by atoms with Crippen LogP contribution in [-0.4, -0.2) is 123 Å². The summed E-state index contributed by atoms with van der Waals surface area (Å²) >= 11 is 0. The highest BCUT2D eigenvalue weighted by Crippen LogP contribution is 2.35. The van der Waals surface area contributed by atoms with E-state index in [9.17, 15) is 24.0 Å². The topological polar surface area (TPSA) is 156 Å². The molecule has 3 fully saturated rings. The first kappa shape index (κ1) is 43.2. The first-order chi connectivity index (χ1) is 25.8. The molecule has 4 rings (SSSR count). The number of rotatable bonds is 19. The maximum Gasteiger partial charge on any atom is 0.328 e. The molecule has 2 aliphatic heterocycles. The van der Waals surface area contributed by atoms with E-state index >= 15 is 0 Å². The molecule has 1 aliphatic carbocycles. The maximum atomic E-state index is 14.2. The van der Waals surface area contributed by atoms with Crippen molar-refractivity contribution >= 4 is 29.6 Å². The fourth-order valence-corrected chi connectivity index (χ4v) is 8.92. The molecular formula is C41H65N5O8. The average Bonchev–Trinajstić information content (AvgIpc) is 3.95. The van der Waals surface area contributed by atoms with Crippen LogP contribution in [0.4, 0.5) is 0 Å². The van der Waals surface area contributed by atoms with E-state index in [4.69, 9.17) is 14.2 Å². The number of nitrogens with one attached hydrogen (secondary N) is 3. The van der Waals surface area contributed by atoms with Gasteiger partial charge in [-0.05, 0) is 55.4 Å². The molecule has 0 spiro atoms. The number of likely N-dealkylation sites (tertiary alicyclic amines) is 1. The average molecular weight is 756 g/mol. The number of hydrogen-bond donors (Lipinski definition) is 3. The van der Waals surface area contributed by atoms with E-state index in [0.29, 0.717) is 24.9 Å². The van der Waals surface area contributed by atoms with E-state index in [1.165, 1.54) is 14.2 Å². The number of ether oxygens (including phenoxy) is 3. The summed E-state index contributed by atoms with van der Waals surface area (Å²) in [6.45, 7) is 10.2. The number of esters is 1. The minimum Gasteiger partial charge on any atom is -0.467 e. The molecule has 3 N–H and O–H groups in total. The van der Waals surface area contributed by atoms with Gasteiger partial charge in [-0.2, -0.15) is 0 Å². The molecule has 1 aromatic carbocycles. The van der Waals surface area contributed by atoms with Crippen LogP contribution >= 0.6 is 0 Å². The summed E-state index contributed by atoms with van der Waals surface area (Å²) < 4.78 is 17.0. The van der Waals surface area contributed by atoms with E-state index in [-0.39, 0.29) is 60.4 Å². The molecule has 4 amide bonds. The van der Waals surface area contributed by atoms with Gasteiger partial charge < -0.3 is 40.0 Å². The number of carbonyl (C=O) groups is 5. The van der Waals surface area contributed by atoms with E-state index in [1.54, 1.807) is 30.9 Å². The third kappa shape index (κ3) is 10.2. The Balaban J connectivity index is 1.45. The van der Waals surface area contributed by atoms with Crippen LogP contribution in [-0.2, 0) is 44.6 Å². The number of carbonyl (C=O) groups excluding carboxylic acids is 5. The molecule has 11 atom stereocenters. The SMILES string of the molecule is CC[C@H](C)[C@@H]([C@@H](CC(=O)N1CCC[C@H]1[C@H](OC)[C@@H](C)C(=O)N[C@@H](Cc1ccccc1)C(=O)OC)OC)N(C)C(=O)[C@@H](NC(=O)[C@H]1N[C@H]2CC[C@H]1C2)C(C)C. The van der Waals surface area contributed by atoms with E-state index < -0.39 is 42.2 Å². The number of amides is 4. The molecule has 3 aliphatic rings. The van der Waals surface area contributed by atoms with Gasteiger partial charge >= 0.3 is 5.97 Å². The van der Waals surface area contributed by atoms with Crippen molar-refractivity contribution in [3.63, 3.8) is 0 Å². The fourth-order valence-electron chi connectivity index (χ4n) is 8.92. The van der Waals surface area contributed by atoms with Crippen molar-refractivity contribution in [2.24, 2.45) is 23.7 Å². The number of hydrogen-bond acceptors (Lipinski definition) is 9. The third-order valence-electron chi connectivity index (χ3n) is 12.2. The summed E-state index contributed by atoms with van der Waals surface area (Å²) in [6, 6.07) is 7.05. The first-order valence-electron chi connectivity index (χ1n) is 19.9. The number of methoxy groups -OCH3 is 3. The second-order valence-electron chi connectivity index (χ2n) is 16.0. The maximum absolute atomic E-state index is 14.2. The highest BCUT2D eigenvalue weighted by molar-refractivity contribution is 5.90. The van der Waals surface area contributed by atoms with Crippen LogP contribution in [0.15, 0.2) is 30.3 Å². The Morgan fingerprint density at radius 1 is 0.963 bits per heavy atom. The minimum absolute atomic E-state index is 0.0177. The van der Waals surface area contributed by atoms with Gasteiger partial charge in [0.25, 0.3) is 0 Å². The first-order valence-corrected chi connectivity index (χ1v) is 19.9. The Hall–Kier alpha value is -3.55. The predicted octanol–water partition coefficient (Wildman–Crippen LogP) is 3.09. The summed E-state index contributed by atoms with van der Waals surface area (Å²) in [5, 5.41) is 9.37. The second kappa shape index (κ2) is 19.9. The zero-order valence-electron chi connectivity index (χ0n) is 33.8. The van der Waals surface area contributed by atoms with Crippen LogP contribution in [0.3, 0.4) is 0 Å². The Kier molecular flexibility index (Phi) is 15.9. The minimum atomic E-state index is -0.885. The van der Waals surface area contributed by atoms with Crippen LogP contribution in [0.2, 0.25) is 0 Å². The summed E-state index contributed by atoms with van der Waals surface area (Å²) in [5.74, 6) is -1.97. The molecule has 2 heterocycles. The van der Waals surface area contributed by atoms with Crippen molar-refractivity contribution in [2.75, 3.05) is 34.9 Å². The molecule has 0 radical (unpaired) electrons. The van der Waals surface area contributed by atoms with Gasteiger partial charge in [0.05, 0.1) is 49.8 Å². The number of benzene rings is 1. The van der Waals surface area contributed by atoms with Crippen molar-refractivity contribution in [2.45, 2.75) is 134 Å². The quantitative estimate of drug-likeness (QED) is 0.181. The lowest BCUT2D eigenvalue weighted by Gasteiger charge is -2.41. The Morgan fingerprint density at radius 3 is 2.22 bits per heavy atom. The number of fused-ring (bicyclic) bond motifs is 2. The molecule has 2 saturated heterocycles. The van der Waals surface area contributed by atoms with Crippen LogP contribution in [0.25, 0.3) is 0 Å². The monoisotopic (exact) mass is 755 g/mol. The van der Waals surface area contributed by atoms with E-state index in [0.717, 1.165) is 37.7 Å². The lowest BCUT2D eigenvalue weighted by molar-refractivity contribution is -0.148. The zero-order chi connectivity index (χ0) is 39.7. The van der Waals surface area contributed by atoms with Gasteiger partial charge in [0.2, 0.25) is 23.6 Å². The summed E-state index contributed by atoms with van der Waals surface area (Å²) in [5.41, 5.74) is 0.880. The van der Waals surface area contributed by atoms with Crippen molar-refractivity contribution in [3.8, 4) is 0 Å². The molecule has 0 aromatic heterocycles. The van der Waals surface area contributed by atoms with E-state index in [2.05, 4.69) is 16.0 Å². The summed E-state index contributed by atoms with van der Waals surface area (Å²) in [7, 11) is 6.13. The zero-order valence-corrected chi connectivity index (χ0v) is 33.8. The smallest absolute Gasteiger partial charge is 0.328 e. The molecule has 13 heteroatoms. The van der Waals surface area contributed by atoms with Gasteiger partial charge in [-0.25, -0.2) is 4.79 Å². The molecule has 54 heavy (non-hydrogen) atoms. The summed E-state index contributed by atoms with van der Waals surface area (Å²) in [6.07, 6.45) is 4.26. The predicted molar refractivity (Wildman–Crippen MR) is 205 cm³/mol. The standard InChI is InChI=1S/C41H65N5O8/c1-10-25(4)36(45(6)40(50)34(24(2)3)44-39(49)35-28-18-19-29(22-28)42-35)32(52-7)23-33(47)46-20-14-17-31(46)37(53-8)26(5)38(48)43-30(41(51)54-9)21-27-15-12-11-13-16-27/h11-13,15-16,24-26,28-32,34-37,42H,10,14,17-23H2,1-9H3,(H,43,48)(H,44,49)/t25-,26+,28-,29-,30-,31-,32+,34-,35-,36-,37+/m0/s1. The van der Waals surface area contributed by atoms with Crippen molar-refractivity contribution in [3.05, 3.63) is 35.9 Å². The molecule has 302 valence electrons. The lowest BCUT2D eigenvalue weighted by Crippen LogP contribution is -2.60. The third-order valence-corrected chi connectivity index (χ3v) is 12.2. The Bertz CT molecular complexity index is 1430. The molecule has 1 aromatic rings. The molecular weight excluding hydrogens is 690 g/mol. The molecule has 2 bridgehead atoms. The van der Waals surface area contributed by atoms with Crippen LogP contribution in [0, 0.1) is 23.7 Å². The Labute approximate surface area is 322 Å². The van der Waals surface area contributed by atoms with Crippen molar-refractivity contribution in [1.29, 1.82) is 0 Å². The van der Waals surface area contributed by atoms with Gasteiger partial charge in [-0.1, -0.05) is 71.4 Å². The Morgan fingerprint density at radius 2 is 1.67 bits per heavy atom. The number of likely N-dealkylation sites (N-methyl/N-ethyl adjacent to an activating group) is 1. The highest BCUT2D eigenvalue weighted by Gasteiger charge is 2.46. The molecule has 1 saturated carbocycles. The lowest BCUT2D eigenvalue weighted by atomic mass is 9.89. The fraction of sp³-hybridized carbons (Fsp3) is 0.732.